The van der Waals surface area contributed by atoms with E-state index >= 15 is 0 Å². The molecule has 3 rings (SSSR count). The number of benzene rings is 2. The first-order valence-electron chi connectivity index (χ1n) is 8.95. The normalized spacial score (nSPS) is 10.9. The molecule has 0 fully saturated rings. The van der Waals surface area contributed by atoms with E-state index in [1.165, 1.54) is 14.2 Å². The number of aromatic nitrogens is 2. The molecule has 1 heterocycles. The first-order valence-corrected chi connectivity index (χ1v) is 8.95. The van der Waals surface area contributed by atoms with Gasteiger partial charge in [-0.1, -0.05) is 12.1 Å². The van der Waals surface area contributed by atoms with Gasteiger partial charge >= 0.3 is 0 Å². The van der Waals surface area contributed by atoms with Crippen molar-refractivity contribution in [3.8, 4) is 11.5 Å². The number of rotatable bonds is 6. The van der Waals surface area contributed by atoms with E-state index in [9.17, 15) is 9.59 Å². The molecule has 146 valence electrons. The van der Waals surface area contributed by atoms with Gasteiger partial charge in [0.2, 0.25) is 0 Å². The van der Waals surface area contributed by atoms with E-state index in [0.717, 1.165) is 0 Å². The lowest BCUT2D eigenvalue weighted by Crippen LogP contribution is -2.37. The highest BCUT2D eigenvalue weighted by atomic mass is 16.5. The summed E-state index contributed by atoms with van der Waals surface area (Å²) in [5.41, 5.74) is 0.813. The van der Waals surface area contributed by atoms with E-state index in [4.69, 9.17) is 9.47 Å². The van der Waals surface area contributed by atoms with Crippen LogP contribution in [0.5, 0.6) is 11.5 Å². The molecular formula is C21H23N3O4. The smallest absolute Gasteiger partial charge is 0.258 e. The van der Waals surface area contributed by atoms with Crippen LogP contribution in [-0.2, 0) is 6.54 Å². The van der Waals surface area contributed by atoms with Gasteiger partial charge in [-0.25, -0.2) is 4.98 Å². The first-order chi connectivity index (χ1) is 13.4. The summed E-state index contributed by atoms with van der Waals surface area (Å²) in [4.78, 5) is 34.4. The molecule has 2 aromatic carbocycles. The van der Waals surface area contributed by atoms with Gasteiger partial charge in [0, 0.05) is 17.7 Å². The van der Waals surface area contributed by atoms with Crippen molar-refractivity contribution in [3.63, 3.8) is 0 Å². The van der Waals surface area contributed by atoms with Crippen LogP contribution in [0.15, 0.2) is 47.3 Å². The number of nitrogens with one attached hydrogen (secondary N) is 1. The minimum Gasteiger partial charge on any atom is -0.497 e. The molecule has 0 aliphatic rings. The molecule has 0 atom stereocenters. The molecule has 0 radical (unpaired) electrons. The quantitative estimate of drug-likeness (QED) is 0.710. The maximum Gasteiger partial charge on any atom is 0.258 e. The number of carbonyl (C=O) groups excluding carboxylic acids is 1. The van der Waals surface area contributed by atoms with Crippen LogP contribution in [0, 0.1) is 0 Å². The summed E-state index contributed by atoms with van der Waals surface area (Å²) in [7, 11) is 3.07. The second kappa shape index (κ2) is 8.12. The number of H-pyrrole nitrogens is 1. The minimum atomic E-state index is -0.222. The molecular weight excluding hydrogens is 358 g/mol. The lowest BCUT2D eigenvalue weighted by atomic mass is 10.1. The fraction of sp³-hybridized carbons (Fsp3) is 0.286. The van der Waals surface area contributed by atoms with Crippen LogP contribution in [-0.4, -0.2) is 41.0 Å². The van der Waals surface area contributed by atoms with Gasteiger partial charge in [-0.3, -0.25) is 9.59 Å². The van der Waals surface area contributed by atoms with Crippen molar-refractivity contribution in [2.24, 2.45) is 0 Å². The number of methoxy groups -OCH3 is 2. The maximum atomic E-state index is 13.2. The van der Waals surface area contributed by atoms with E-state index in [1.807, 2.05) is 19.9 Å². The first kappa shape index (κ1) is 19.4. The summed E-state index contributed by atoms with van der Waals surface area (Å²) in [5, 5.41) is 0.520. The molecule has 0 aliphatic heterocycles. The summed E-state index contributed by atoms with van der Waals surface area (Å²) in [6, 6.07) is 12.0. The second-order valence-electron chi connectivity index (χ2n) is 6.66. The van der Waals surface area contributed by atoms with Crippen LogP contribution in [0.3, 0.4) is 0 Å². The average Bonchev–Trinajstić information content (AvgIpc) is 2.70. The van der Waals surface area contributed by atoms with Gasteiger partial charge in [-0.15, -0.1) is 0 Å². The zero-order valence-electron chi connectivity index (χ0n) is 16.4. The van der Waals surface area contributed by atoms with E-state index in [0.29, 0.717) is 33.8 Å². The van der Waals surface area contributed by atoms with E-state index in [2.05, 4.69) is 9.97 Å². The molecule has 7 heteroatoms. The molecule has 0 aliphatic carbocycles. The summed E-state index contributed by atoms with van der Waals surface area (Å²) >= 11 is 0. The third-order valence-corrected chi connectivity index (χ3v) is 4.46. The Kier molecular flexibility index (Phi) is 5.63. The number of nitrogens with zero attached hydrogens (tertiary/aromatic N) is 2. The largest absolute Gasteiger partial charge is 0.497 e. The monoisotopic (exact) mass is 381 g/mol. The molecule has 0 unspecified atom stereocenters. The predicted molar refractivity (Wildman–Crippen MR) is 107 cm³/mol. The molecule has 0 spiro atoms. The van der Waals surface area contributed by atoms with Gasteiger partial charge in [0.05, 0.1) is 31.7 Å². The zero-order valence-corrected chi connectivity index (χ0v) is 16.4. The SMILES string of the molecule is COc1cc(OC)cc(C(=O)N(Cc2nc3ccccc3c(=O)[nH]2)C(C)C)c1. The van der Waals surface area contributed by atoms with Crippen molar-refractivity contribution >= 4 is 16.8 Å². The molecule has 28 heavy (non-hydrogen) atoms. The number of ether oxygens (including phenoxy) is 2. The van der Waals surface area contributed by atoms with E-state index in [-0.39, 0.29) is 24.1 Å². The van der Waals surface area contributed by atoms with Crippen LogP contribution < -0.4 is 15.0 Å². The fourth-order valence-corrected chi connectivity index (χ4v) is 2.96. The van der Waals surface area contributed by atoms with Crippen molar-refractivity contribution in [2.45, 2.75) is 26.4 Å². The molecule has 1 N–H and O–H groups in total. The molecule has 1 aromatic heterocycles. The van der Waals surface area contributed by atoms with Gasteiger partial charge in [0.1, 0.15) is 17.3 Å². The Bertz CT molecular complexity index is 1040. The van der Waals surface area contributed by atoms with Gasteiger partial charge in [0.25, 0.3) is 11.5 Å². The van der Waals surface area contributed by atoms with Gasteiger partial charge in [-0.05, 0) is 38.1 Å². The third-order valence-electron chi connectivity index (χ3n) is 4.46. The molecule has 0 bridgehead atoms. The highest BCUT2D eigenvalue weighted by Gasteiger charge is 2.22. The van der Waals surface area contributed by atoms with E-state index < -0.39 is 0 Å². The van der Waals surface area contributed by atoms with Crippen LogP contribution >= 0.6 is 0 Å². The minimum absolute atomic E-state index is 0.110. The van der Waals surface area contributed by atoms with Crippen molar-refractivity contribution < 1.29 is 14.3 Å². The number of amides is 1. The van der Waals surface area contributed by atoms with Crippen molar-refractivity contribution in [2.75, 3.05) is 14.2 Å². The van der Waals surface area contributed by atoms with Gasteiger partial charge < -0.3 is 19.4 Å². The second-order valence-corrected chi connectivity index (χ2v) is 6.66. The van der Waals surface area contributed by atoms with Crippen LogP contribution in [0.25, 0.3) is 10.9 Å². The lowest BCUT2D eigenvalue weighted by Gasteiger charge is -2.26. The summed E-state index contributed by atoms with van der Waals surface area (Å²) in [6.07, 6.45) is 0. The van der Waals surface area contributed by atoms with Crippen LogP contribution in [0.2, 0.25) is 0 Å². The zero-order chi connectivity index (χ0) is 20.3. The number of aromatic amines is 1. The average molecular weight is 381 g/mol. The number of carbonyl (C=O) groups is 1. The Labute approximate surface area is 162 Å². The van der Waals surface area contributed by atoms with Gasteiger partial charge in [0.15, 0.2) is 0 Å². The number of fused-ring (bicyclic) bond motifs is 1. The predicted octanol–water partition coefficient (Wildman–Crippen LogP) is 2.99. The summed E-state index contributed by atoms with van der Waals surface area (Å²) in [5.74, 6) is 1.29. The summed E-state index contributed by atoms with van der Waals surface area (Å²) in [6.45, 7) is 4.00. The molecule has 1 amide bonds. The van der Waals surface area contributed by atoms with Crippen molar-refractivity contribution in [1.29, 1.82) is 0 Å². The number of para-hydroxylation sites is 1. The van der Waals surface area contributed by atoms with E-state index in [1.54, 1.807) is 41.3 Å². The number of hydrogen-bond donors (Lipinski definition) is 1. The standard InChI is InChI=1S/C21H23N3O4/c1-13(2)24(21(26)14-9-15(27-3)11-16(10-14)28-4)12-19-22-18-8-6-5-7-17(18)20(25)23-19/h5-11,13H,12H2,1-4H3,(H,22,23,25). The Morgan fingerprint density at radius 1 is 1.11 bits per heavy atom. The molecule has 7 nitrogen and oxygen atoms in total. The van der Waals surface area contributed by atoms with Crippen molar-refractivity contribution in [3.05, 3.63) is 64.2 Å². The Morgan fingerprint density at radius 2 is 1.75 bits per heavy atom. The van der Waals surface area contributed by atoms with Gasteiger partial charge in [-0.2, -0.15) is 0 Å². The number of hydrogen-bond acceptors (Lipinski definition) is 5. The lowest BCUT2D eigenvalue weighted by molar-refractivity contribution is 0.0684. The molecule has 3 aromatic rings. The van der Waals surface area contributed by atoms with Crippen LogP contribution in [0.4, 0.5) is 0 Å². The Balaban J connectivity index is 1.96. The highest BCUT2D eigenvalue weighted by molar-refractivity contribution is 5.95. The Morgan fingerprint density at radius 3 is 2.36 bits per heavy atom. The Hall–Kier alpha value is -3.35. The molecule has 0 saturated carbocycles. The van der Waals surface area contributed by atoms with Crippen molar-refractivity contribution in [1.82, 2.24) is 14.9 Å². The topological polar surface area (TPSA) is 84.5 Å². The fourth-order valence-electron chi connectivity index (χ4n) is 2.96. The maximum absolute atomic E-state index is 13.2. The van der Waals surface area contributed by atoms with Crippen LogP contribution in [0.1, 0.15) is 30.0 Å². The molecule has 0 saturated heterocycles. The highest BCUT2D eigenvalue weighted by Crippen LogP contribution is 2.24. The summed E-state index contributed by atoms with van der Waals surface area (Å²) < 4.78 is 10.5. The third kappa shape index (κ3) is 3.98.